The molecule has 9 heteroatoms. The lowest BCUT2D eigenvalue weighted by Crippen LogP contribution is -2.53. The second-order valence-corrected chi connectivity index (χ2v) is 11.7. The van der Waals surface area contributed by atoms with Crippen LogP contribution in [0.25, 0.3) is 0 Å². The summed E-state index contributed by atoms with van der Waals surface area (Å²) in [4.78, 5) is 28.4. The SMILES string of the molecule is CCC(C)NC(=O)C(CC)N(Cc1ccc(Cl)cc1)C(=O)CN(c1ccccc1C(C)C)S(C)(=O)=O. The van der Waals surface area contributed by atoms with E-state index in [9.17, 15) is 18.0 Å². The minimum atomic E-state index is -3.79. The smallest absolute Gasteiger partial charge is 0.244 e. The number of hydrogen-bond donors (Lipinski definition) is 1. The van der Waals surface area contributed by atoms with Gasteiger partial charge in [0.2, 0.25) is 21.8 Å². The van der Waals surface area contributed by atoms with Crippen molar-refractivity contribution >= 4 is 39.1 Å². The topological polar surface area (TPSA) is 86.8 Å². The van der Waals surface area contributed by atoms with Gasteiger partial charge in [-0.2, -0.15) is 0 Å². The first-order valence-corrected chi connectivity index (χ1v) is 14.5. The number of benzene rings is 2. The zero-order valence-electron chi connectivity index (χ0n) is 22.0. The Morgan fingerprint density at radius 2 is 1.58 bits per heavy atom. The quantitative estimate of drug-likeness (QED) is 0.416. The van der Waals surface area contributed by atoms with E-state index in [-0.39, 0.29) is 24.4 Å². The van der Waals surface area contributed by atoms with Crippen LogP contribution in [0.1, 0.15) is 64.5 Å². The molecule has 198 valence electrons. The summed E-state index contributed by atoms with van der Waals surface area (Å²) in [5, 5.41) is 3.53. The number of para-hydroxylation sites is 1. The maximum atomic E-state index is 13.8. The third kappa shape index (κ3) is 7.96. The van der Waals surface area contributed by atoms with Crippen molar-refractivity contribution in [2.24, 2.45) is 0 Å². The normalized spacial score (nSPS) is 13.2. The number of anilines is 1. The zero-order chi connectivity index (χ0) is 27.0. The number of carbonyl (C=O) groups excluding carboxylic acids is 2. The molecule has 0 fully saturated rings. The van der Waals surface area contributed by atoms with E-state index in [4.69, 9.17) is 11.6 Å². The van der Waals surface area contributed by atoms with Crippen LogP contribution in [0, 0.1) is 0 Å². The number of nitrogens with one attached hydrogen (secondary N) is 1. The first kappa shape index (κ1) is 29.6. The second-order valence-electron chi connectivity index (χ2n) is 9.37. The summed E-state index contributed by atoms with van der Waals surface area (Å²) in [5.74, 6) is -0.668. The molecule has 36 heavy (non-hydrogen) atoms. The summed E-state index contributed by atoms with van der Waals surface area (Å²) >= 11 is 6.03. The Labute approximate surface area is 220 Å². The van der Waals surface area contributed by atoms with E-state index in [1.54, 1.807) is 36.4 Å². The maximum Gasteiger partial charge on any atom is 0.244 e. The van der Waals surface area contributed by atoms with Gasteiger partial charge < -0.3 is 10.2 Å². The molecule has 0 saturated carbocycles. The summed E-state index contributed by atoms with van der Waals surface area (Å²) in [6, 6.07) is 13.4. The number of rotatable bonds is 12. The standard InChI is InChI=1S/C27H38ClN3O4S/c1-7-20(5)29-27(33)24(8-2)30(17-21-13-15-22(28)16-14-21)26(32)18-31(36(6,34)35)25-12-10-9-11-23(25)19(3)4/h9-16,19-20,24H,7-8,17-18H2,1-6H3,(H,29,33). The Morgan fingerprint density at radius 3 is 2.11 bits per heavy atom. The highest BCUT2D eigenvalue weighted by molar-refractivity contribution is 7.92. The maximum absolute atomic E-state index is 13.8. The Morgan fingerprint density at radius 1 is 0.972 bits per heavy atom. The van der Waals surface area contributed by atoms with Gasteiger partial charge in [0.05, 0.1) is 11.9 Å². The molecule has 7 nitrogen and oxygen atoms in total. The fourth-order valence-electron chi connectivity index (χ4n) is 3.94. The number of carbonyl (C=O) groups is 2. The Kier molecular flexibility index (Phi) is 10.8. The predicted molar refractivity (Wildman–Crippen MR) is 147 cm³/mol. The first-order chi connectivity index (χ1) is 16.9. The molecule has 2 amide bonds. The van der Waals surface area contributed by atoms with Gasteiger partial charge in [-0.25, -0.2) is 8.42 Å². The summed E-state index contributed by atoms with van der Waals surface area (Å²) < 4.78 is 26.9. The van der Waals surface area contributed by atoms with E-state index in [1.165, 1.54) is 4.90 Å². The molecule has 0 spiro atoms. The minimum Gasteiger partial charge on any atom is -0.352 e. The van der Waals surface area contributed by atoms with E-state index in [1.807, 2.05) is 46.8 Å². The van der Waals surface area contributed by atoms with Crippen molar-refractivity contribution < 1.29 is 18.0 Å². The fraction of sp³-hybridized carbons (Fsp3) is 0.481. The predicted octanol–water partition coefficient (Wildman–Crippen LogP) is 4.95. The number of sulfonamides is 1. The summed E-state index contributed by atoms with van der Waals surface area (Å²) in [5.41, 5.74) is 2.07. The number of halogens is 1. The van der Waals surface area contributed by atoms with Gasteiger partial charge in [0, 0.05) is 17.6 Å². The molecule has 2 atom stereocenters. The lowest BCUT2D eigenvalue weighted by molar-refractivity contribution is -0.140. The van der Waals surface area contributed by atoms with Gasteiger partial charge >= 0.3 is 0 Å². The van der Waals surface area contributed by atoms with Crippen LogP contribution < -0.4 is 9.62 Å². The molecule has 0 aliphatic carbocycles. The van der Waals surface area contributed by atoms with E-state index in [0.29, 0.717) is 17.1 Å². The average molecular weight is 536 g/mol. The molecule has 2 unspecified atom stereocenters. The number of nitrogens with zero attached hydrogens (tertiary/aromatic N) is 2. The molecular formula is C27H38ClN3O4S. The molecule has 0 bridgehead atoms. The largest absolute Gasteiger partial charge is 0.352 e. The summed E-state index contributed by atoms with van der Waals surface area (Å²) in [7, 11) is -3.79. The van der Waals surface area contributed by atoms with Gasteiger partial charge in [-0.15, -0.1) is 0 Å². The van der Waals surface area contributed by atoms with Crippen molar-refractivity contribution in [1.82, 2.24) is 10.2 Å². The van der Waals surface area contributed by atoms with Crippen molar-refractivity contribution in [3.05, 3.63) is 64.7 Å². The molecule has 2 aromatic rings. The van der Waals surface area contributed by atoms with Crippen LogP contribution in [-0.2, 0) is 26.2 Å². The van der Waals surface area contributed by atoms with Gasteiger partial charge in [-0.3, -0.25) is 13.9 Å². The van der Waals surface area contributed by atoms with Crippen LogP contribution >= 0.6 is 11.6 Å². The third-order valence-corrected chi connectivity index (χ3v) is 7.54. The minimum absolute atomic E-state index is 0.0513. The van der Waals surface area contributed by atoms with E-state index in [2.05, 4.69) is 5.32 Å². The van der Waals surface area contributed by atoms with E-state index in [0.717, 1.165) is 28.1 Å². The van der Waals surface area contributed by atoms with Crippen LogP contribution in [-0.4, -0.2) is 50.0 Å². The first-order valence-electron chi connectivity index (χ1n) is 12.3. The van der Waals surface area contributed by atoms with Crippen LogP contribution in [0.3, 0.4) is 0 Å². The molecular weight excluding hydrogens is 498 g/mol. The number of hydrogen-bond acceptors (Lipinski definition) is 4. The van der Waals surface area contributed by atoms with Crippen LogP contribution in [0.4, 0.5) is 5.69 Å². The van der Waals surface area contributed by atoms with Crippen LogP contribution in [0.15, 0.2) is 48.5 Å². The molecule has 0 saturated heterocycles. The van der Waals surface area contributed by atoms with Crippen LogP contribution in [0.2, 0.25) is 5.02 Å². The van der Waals surface area contributed by atoms with Crippen molar-refractivity contribution in [3.63, 3.8) is 0 Å². The van der Waals surface area contributed by atoms with Gasteiger partial charge in [-0.05, 0) is 55.0 Å². The second kappa shape index (κ2) is 13.1. The van der Waals surface area contributed by atoms with E-state index >= 15 is 0 Å². The van der Waals surface area contributed by atoms with Gasteiger partial charge in [0.15, 0.2) is 0 Å². The summed E-state index contributed by atoms with van der Waals surface area (Å²) in [6.45, 7) is 9.39. The highest BCUT2D eigenvalue weighted by Crippen LogP contribution is 2.29. The molecule has 1 N–H and O–H groups in total. The molecule has 2 aromatic carbocycles. The average Bonchev–Trinajstić information content (AvgIpc) is 2.82. The Balaban J connectivity index is 2.49. The Hall–Kier alpha value is -2.58. The van der Waals surface area contributed by atoms with Crippen molar-refractivity contribution in [3.8, 4) is 0 Å². The molecule has 0 heterocycles. The van der Waals surface area contributed by atoms with Gasteiger partial charge in [0.25, 0.3) is 0 Å². The van der Waals surface area contributed by atoms with Crippen molar-refractivity contribution in [2.75, 3.05) is 17.1 Å². The lowest BCUT2D eigenvalue weighted by Gasteiger charge is -2.34. The van der Waals surface area contributed by atoms with Gasteiger partial charge in [0.1, 0.15) is 12.6 Å². The molecule has 0 radical (unpaired) electrons. The van der Waals surface area contributed by atoms with E-state index < -0.39 is 28.5 Å². The molecule has 0 aliphatic heterocycles. The fourth-order valence-corrected chi connectivity index (χ4v) is 4.94. The summed E-state index contributed by atoms with van der Waals surface area (Å²) in [6.07, 6.45) is 2.22. The number of amides is 2. The van der Waals surface area contributed by atoms with Crippen LogP contribution in [0.5, 0.6) is 0 Å². The monoisotopic (exact) mass is 535 g/mol. The zero-order valence-corrected chi connectivity index (χ0v) is 23.6. The highest BCUT2D eigenvalue weighted by atomic mass is 35.5. The Bertz CT molecular complexity index is 1140. The van der Waals surface area contributed by atoms with Crippen molar-refractivity contribution in [2.45, 2.75) is 72.0 Å². The van der Waals surface area contributed by atoms with Gasteiger partial charge in [-0.1, -0.05) is 69.6 Å². The molecule has 0 aromatic heterocycles. The highest BCUT2D eigenvalue weighted by Gasteiger charge is 2.32. The van der Waals surface area contributed by atoms with Crippen molar-refractivity contribution in [1.29, 1.82) is 0 Å². The molecule has 2 rings (SSSR count). The molecule has 0 aliphatic rings. The third-order valence-electron chi connectivity index (χ3n) is 6.16. The lowest BCUT2D eigenvalue weighted by atomic mass is 10.0.